The highest BCUT2D eigenvalue weighted by Gasteiger charge is 2.18. The van der Waals surface area contributed by atoms with E-state index in [-0.39, 0.29) is 11.5 Å². The van der Waals surface area contributed by atoms with Crippen LogP contribution in [0.1, 0.15) is 35.0 Å². The Morgan fingerprint density at radius 3 is 2.47 bits per heavy atom. The fraction of sp³-hybridized carbons (Fsp3) is 0.184. The molecule has 9 heteroatoms. The minimum atomic E-state index is -0.359. The number of benzene rings is 4. The SMILES string of the molecule is CCc1cc(CNCc2ccccc2)cc(-c2ccc(N)c(C(=N)c3nc4c(-c5cc(F)cc(NCCNC)c5)cncc4[nH]3)c2)c1. The zero-order chi connectivity index (χ0) is 32.8. The molecular formula is C38H39FN8. The third-order valence-corrected chi connectivity index (χ3v) is 8.16. The van der Waals surface area contributed by atoms with E-state index in [9.17, 15) is 4.39 Å². The van der Waals surface area contributed by atoms with Crippen molar-refractivity contribution in [3.05, 3.63) is 131 Å². The van der Waals surface area contributed by atoms with E-state index in [0.717, 1.165) is 37.2 Å². The van der Waals surface area contributed by atoms with Gasteiger partial charge in [0.2, 0.25) is 0 Å². The molecule has 0 atom stereocenters. The van der Waals surface area contributed by atoms with Crippen molar-refractivity contribution in [2.24, 2.45) is 0 Å². The van der Waals surface area contributed by atoms with E-state index >= 15 is 0 Å². The zero-order valence-corrected chi connectivity index (χ0v) is 26.6. The number of hydrogen-bond acceptors (Lipinski definition) is 7. The van der Waals surface area contributed by atoms with Crippen molar-refractivity contribution in [3.8, 4) is 22.3 Å². The number of H-pyrrole nitrogens is 1. The molecule has 0 amide bonds. The smallest absolute Gasteiger partial charge is 0.157 e. The third kappa shape index (κ3) is 7.38. The lowest BCUT2D eigenvalue weighted by molar-refractivity contribution is 0.628. The van der Waals surface area contributed by atoms with Crippen LogP contribution in [-0.2, 0) is 19.5 Å². The van der Waals surface area contributed by atoms with Gasteiger partial charge < -0.3 is 26.7 Å². The van der Waals surface area contributed by atoms with Gasteiger partial charge in [0.1, 0.15) is 11.5 Å². The second-order valence-electron chi connectivity index (χ2n) is 11.6. The number of likely N-dealkylation sites (N-methyl/N-ethyl adjacent to an activating group) is 1. The molecule has 0 aliphatic heterocycles. The lowest BCUT2D eigenvalue weighted by Gasteiger charge is -2.13. The fourth-order valence-corrected chi connectivity index (χ4v) is 5.70. The first-order valence-electron chi connectivity index (χ1n) is 15.8. The molecule has 0 aliphatic rings. The first kappa shape index (κ1) is 31.6. The van der Waals surface area contributed by atoms with Gasteiger partial charge >= 0.3 is 0 Å². The molecule has 0 saturated heterocycles. The number of anilines is 2. The van der Waals surface area contributed by atoms with Crippen LogP contribution in [0.3, 0.4) is 0 Å². The summed E-state index contributed by atoms with van der Waals surface area (Å²) in [6.07, 6.45) is 4.24. The molecule has 47 heavy (non-hydrogen) atoms. The monoisotopic (exact) mass is 626 g/mol. The number of pyridine rings is 1. The van der Waals surface area contributed by atoms with Crippen molar-refractivity contribution in [3.63, 3.8) is 0 Å². The maximum Gasteiger partial charge on any atom is 0.157 e. The summed E-state index contributed by atoms with van der Waals surface area (Å²) in [5.41, 5.74) is 16.6. The van der Waals surface area contributed by atoms with Crippen LogP contribution in [0, 0.1) is 11.2 Å². The van der Waals surface area contributed by atoms with E-state index in [0.29, 0.717) is 51.5 Å². The summed E-state index contributed by atoms with van der Waals surface area (Å²) in [6.45, 7) is 5.08. The fourth-order valence-electron chi connectivity index (χ4n) is 5.70. The van der Waals surface area contributed by atoms with E-state index < -0.39 is 0 Å². The van der Waals surface area contributed by atoms with E-state index in [1.54, 1.807) is 12.4 Å². The van der Waals surface area contributed by atoms with E-state index in [1.807, 2.05) is 37.4 Å². The van der Waals surface area contributed by atoms with Gasteiger partial charge in [-0.15, -0.1) is 0 Å². The number of nitrogens with one attached hydrogen (secondary N) is 5. The van der Waals surface area contributed by atoms with Crippen molar-refractivity contribution < 1.29 is 4.39 Å². The summed E-state index contributed by atoms with van der Waals surface area (Å²) >= 11 is 0. The lowest BCUT2D eigenvalue weighted by Crippen LogP contribution is -2.17. The number of hydrogen-bond donors (Lipinski definition) is 6. The average molecular weight is 627 g/mol. The molecule has 8 nitrogen and oxygen atoms in total. The lowest BCUT2D eigenvalue weighted by atomic mass is 9.95. The second-order valence-corrected chi connectivity index (χ2v) is 11.6. The van der Waals surface area contributed by atoms with Gasteiger partial charge in [0, 0.05) is 54.9 Å². The molecule has 2 heterocycles. The Hall–Kier alpha value is -5.38. The Kier molecular flexibility index (Phi) is 9.66. The quantitative estimate of drug-likeness (QED) is 0.0470. The van der Waals surface area contributed by atoms with E-state index in [4.69, 9.17) is 16.1 Å². The zero-order valence-electron chi connectivity index (χ0n) is 26.6. The second kappa shape index (κ2) is 14.4. The Morgan fingerprint density at radius 1 is 0.851 bits per heavy atom. The van der Waals surface area contributed by atoms with Crippen LogP contribution < -0.4 is 21.7 Å². The number of rotatable bonds is 13. The Bertz CT molecular complexity index is 2020. The normalized spacial score (nSPS) is 11.2. The summed E-state index contributed by atoms with van der Waals surface area (Å²) < 4.78 is 14.6. The topological polar surface area (TPSA) is 128 Å². The van der Waals surface area contributed by atoms with Gasteiger partial charge in [-0.2, -0.15) is 0 Å². The molecule has 2 aromatic heterocycles. The summed E-state index contributed by atoms with van der Waals surface area (Å²) in [7, 11) is 1.87. The number of nitrogens with zero attached hydrogens (tertiary/aromatic N) is 2. The largest absolute Gasteiger partial charge is 0.398 e. The molecular weight excluding hydrogens is 587 g/mol. The highest BCUT2D eigenvalue weighted by Crippen LogP contribution is 2.31. The molecule has 0 radical (unpaired) electrons. The van der Waals surface area contributed by atoms with Crippen LogP contribution in [-0.4, -0.2) is 40.8 Å². The maximum atomic E-state index is 14.6. The molecule has 0 bridgehead atoms. The molecule has 0 spiro atoms. The number of fused-ring (bicyclic) bond motifs is 1. The van der Waals surface area contributed by atoms with Gasteiger partial charge in [-0.1, -0.05) is 55.5 Å². The number of aryl methyl sites for hydroxylation is 1. The van der Waals surface area contributed by atoms with Crippen LogP contribution >= 0.6 is 0 Å². The molecule has 6 aromatic rings. The standard InChI is InChI=1S/C38H39FN8/c1-3-24-13-26(21-43-20-25-7-5-4-6-8-25)15-28(14-24)27-9-10-34(40)32(18-27)36(41)38-46-35-23-44-22-33(37(35)47-38)29-16-30(39)19-31(17-29)45-12-11-42-2/h4-10,13-19,22-23,41-43,45H,3,11-12,20-21,40H2,1-2H3,(H,46,47). The molecule has 6 rings (SSSR count). The highest BCUT2D eigenvalue weighted by atomic mass is 19.1. The first-order chi connectivity index (χ1) is 22.9. The van der Waals surface area contributed by atoms with Gasteiger partial charge in [-0.05, 0) is 83.2 Å². The minimum Gasteiger partial charge on any atom is -0.398 e. The molecule has 0 saturated carbocycles. The van der Waals surface area contributed by atoms with Crippen LogP contribution in [0.25, 0.3) is 33.3 Å². The maximum absolute atomic E-state index is 14.6. The number of imidazole rings is 1. The van der Waals surface area contributed by atoms with E-state index in [2.05, 4.69) is 75.3 Å². The average Bonchev–Trinajstić information content (AvgIpc) is 3.53. The van der Waals surface area contributed by atoms with Gasteiger partial charge in [-0.3, -0.25) is 10.4 Å². The Balaban J connectivity index is 1.28. The third-order valence-electron chi connectivity index (χ3n) is 8.16. The van der Waals surface area contributed by atoms with Crippen molar-refractivity contribution in [1.82, 2.24) is 25.6 Å². The van der Waals surface area contributed by atoms with Gasteiger partial charge in [0.15, 0.2) is 5.82 Å². The molecule has 0 fully saturated rings. The first-order valence-corrected chi connectivity index (χ1v) is 15.8. The minimum absolute atomic E-state index is 0.163. The number of aromatic nitrogens is 3. The Morgan fingerprint density at radius 2 is 1.66 bits per heavy atom. The number of nitrogen functional groups attached to an aromatic ring is 1. The number of nitrogens with two attached hydrogens (primary N) is 1. The Labute approximate surface area is 274 Å². The van der Waals surface area contributed by atoms with Crippen molar-refractivity contribution in [1.29, 1.82) is 5.41 Å². The van der Waals surface area contributed by atoms with Crippen LogP contribution in [0.2, 0.25) is 0 Å². The molecule has 7 N–H and O–H groups in total. The molecule has 0 aliphatic carbocycles. The summed E-state index contributed by atoms with van der Waals surface area (Å²) in [6, 6.07) is 27.6. The summed E-state index contributed by atoms with van der Waals surface area (Å²) in [4.78, 5) is 12.4. The van der Waals surface area contributed by atoms with Crippen molar-refractivity contribution in [2.45, 2.75) is 26.4 Å². The van der Waals surface area contributed by atoms with Gasteiger partial charge in [-0.25, -0.2) is 9.37 Å². The van der Waals surface area contributed by atoms with Crippen LogP contribution in [0.5, 0.6) is 0 Å². The van der Waals surface area contributed by atoms with E-state index in [1.165, 1.54) is 28.8 Å². The summed E-state index contributed by atoms with van der Waals surface area (Å²) in [5, 5.41) is 19.0. The molecule has 0 unspecified atom stereocenters. The summed E-state index contributed by atoms with van der Waals surface area (Å²) in [5.74, 6) is -0.00295. The van der Waals surface area contributed by atoms with Crippen molar-refractivity contribution >= 4 is 28.1 Å². The number of halogens is 1. The molecule has 238 valence electrons. The molecule has 4 aromatic carbocycles. The van der Waals surface area contributed by atoms with Gasteiger partial charge in [0.05, 0.1) is 17.2 Å². The van der Waals surface area contributed by atoms with Crippen LogP contribution in [0.15, 0.2) is 97.3 Å². The highest BCUT2D eigenvalue weighted by molar-refractivity contribution is 6.13. The number of aromatic amines is 1. The van der Waals surface area contributed by atoms with Crippen molar-refractivity contribution in [2.75, 3.05) is 31.2 Å². The predicted molar refractivity (Wildman–Crippen MR) is 190 cm³/mol. The van der Waals surface area contributed by atoms with Crippen LogP contribution in [0.4, 0.5) is 15.8 Å². The predicted octanol–water partition coefficient (Wildman–Crippen LogP) is 6.91. The van der Waals surface area contributed by atoms with Gasteiger partial charge in [0.25, 0.3) is 0 Å².